The number of likely N-dealkylation sites (N-methyl/N-ethyl adjacent to an activating group) is 1. The number of carbonyl (C=O) groups excluding carboxylic acids is 1. The predicted octanol–water partition coefficient (Wildman–Crippen LogP) is 2.85. The van der Waals surface area contributed by atoms with Crippen molar-refractivity contribution in [2.75, 3.05) is 33.7 Å². The molecule has 0 unspecified atom stereocenters. The molecule has 5 nitrogen and oxygen atoms in total. The summed E-state index contributed by atoms with van der Waals surface area (Å²) < 4.78 is 0. The fourth-order valence-corrected chi connectivity index (χ4v) is 3.35. The lowest BCUT2D eigenvalue weighted by Gasteiger charge is -2.32. The normalized spacial score (nSPS) is 16.9. The Balaban J connectivity index is 0.00000484. The van der Waals surface area contributed by atoms with Gasteiger partial charge in [-0.2, -0.15) is 0 Å². The monoisotopic (exact) mass is 438 g/mol. The van der Waals surface area contributed by atoms with Gasteiger partial charge in [-0.15, -0.1) is 24.0 Å². The van der Waals surface area contributed by atoms with Crippen LogP contribution >= 0.6 is 24.0 Å². The van der Waals surface area contributed by atoms with Crippen molar-refractivity contribution in [2.24, 2.45) is 16.3 Å². The number of aliphatic imine (C=N–C) groups is 1. The van der Waals surface area contributed by atoms with Gasteiger partial charge in [0.05, 0.1) is 0 Å². The van der Waals surface area contributed by atoms with Crippen LogP contribution in [0.5, 0.6) is 0 Å². The molecule has 2 N–H and O–H groups in total. The Morgan fingerprint density at radius 1 is 1.22 bits per heavy atom. The molecule has 136 valence electrons. The molecule has 6 heteroatoms. The first-order valence-corrected chi connectivity index (χ1v) is 8.61. The molecule has 0 radical (unpaired) electrons. The molecule has 0 aliphatic heterocycles. The Bertz CT molecular complexity index is 377. The van der Waals surface area contributed by atoms with Gasteiger partial charge < -0.3 is 15.5 Å². The molecule has 23 heavy (non-hydrogen) atoms. The summed E-state index contributed by atoms with van der Waals surface area (Å²) in [4.78, 5) is 17.7. The van der Waals surface area contributed by atoms with E-state index in [2.05, 4.69) is 29.5 Å². The summed E-state index contributed by atoms with van der Waals surface area (Å²) in [7, 11) is 3.52. The quantitative estimate of drug-likeness (QED) is 0.365. The zero-order valence-corrected chi connectivity index (χ0v) is 17.8. The van der Waals surface area contributed by atoms with Crippen LogP contribution in [-0.4, -0.2) is 50.5 Å². The number of rotatable bonds is 7. The summed E-state index contributed by atoms with van der Waals surface area (Å²) in [6, 6.07) is 0. The second-order valence-electron chi connectivity index (χ2n) is 7.14. The van der Waals surface area contributed by atoms with Crippen LogP contribution in [0.15, 0.2) is 4.99 Å². The molecule has 1 rings (SSSR count). The van der Waals surface area contributed by atoms with Gasteiger partial charge >= 0.3 is 0 Å². The molecule has 1 aliphatic rings. The molecule has 0 aromatic carbocycles. The van der Waals surface area contributed by atoms with Gasteiger partial charge in [0.2, 0.25) is 5.91 Å². The van der Waals surface area contributed by atoms with E-state index in [0.29, 0.717) is 5.41 Å². The average molecular weight is 438 g/mol. The van der Waals surface area contributed by atoms with Crippen molar-refractivity contribution >= 4 is 35.8 Å². The van der Waals surface area contributed by atoms with E-state index < -0.39 is 0 Å². The van der Waals surface area contributed by atoms with Gasteiger partial charge in [-0.3, -0.25) is 4.79 Å². The number of guanidine groups is 1. The molecule has 1 amide bonds. The van der Waals surface area contributed by atoms with Crippen molar-refractivity contribution < 1.29 is 4.79 Å². The van der Waals surface area contributed by atoms with Crippen molar-refractivity contribution in [3.63, 3.8) is 0 Å². The highest BCUT2D eigenvalue weighted by molar-refractivity contribution is 14.0. The molecule has 0 spiro atoms. The van der Waals surface area contributed by atoms with Crippen LogP contribution in [0.4, 0.5) is 0 Å². The van der Waals surface area contributed by atoms with Gasteiger partial charge in [0.1, 0.15) is 6.54 Å². The predicted molar refractivity (Wildman–Crippen MR) is 108 cm³/mol. The van der Waals surface area contributed by atoms with E-state index in [1.807, 2.05) is 6.92 Å². The van der Waals surface area contributed by atoms with Gasteiger partial charge in [-0.05, 0) is 37.5 Å². The van der Waals surface area contributed by atoms with Crippen LogP contribution in [0.1, 0.15) is 52.9 Å². The molecule has 0 atom stereocenters. The minimum absolute atomic E-state index is 0. The second-order valence-corrected chi connectivity index (χ2v) is 7.14. The molecule has 0 aromatic rings. The number of amides is 1. The first-order valence-electron chi connectivity index (χ1n) is 8.61. The third kappa shape index (κ3) is 8.22. The maximum atomic E-state index is 11.7. The number of nitrogens with zero attached hydrogens (tertiary/aromatic N) is 2. The maximum Gasteiger partial charge on any atom is 0.243 e. The SMILES string of the molecule is CCNC(=NCC(=O)N(C)C)NCC1(CC(C)C)CCCC1.I. The maximum absolute atomic E-state index is 11.7. The smallest absolute Gasteiger partial charge is 0.243 e. The van der Waals surface area contributed by atoms with Crippen molar-refractivity contribution in [1.82, 2.24) is 15.5 Å². The zero-order valence-electron chi connectivity index (χ0n) is 15.4. The van der Waals surface area contributed by atoms with Crippen LogP contribution in [0.25, 0.3) is 0 Å². The summed E-state index contributed by atoms with van der Waals surface area (Å²) >= 11 is 0. The lowest BCUT2D eigenvalue weighted by Crippen LogP contribution is -2.44. The number of nitrogens with one attached hydrogen (secondary N) is 2. The van der Waals surface area contributed by atoms with Gasteiger partial charge in [-0.25, -0.2) is 4.99 Å². The van der Waals surface area contributed by atoms with Crippen molar-refractivity contribution in [3.05, 3.63) is 0 Å². The van der Waals surface area contributed by atoms with E-state index in [0.717, 1.165) is 25.0 Å². The molecule has 1 fully saturated rings. The van der Waals surface area contributed by atoms with Crippen LogP contribution in [0, 0.1) is 11.3 Å². The Hall–Kier alpha value is -0.530. The summed E-state index contributed by atoms with van der Waals surface area (Å²) in [6.45, 7) is 8.60. The van der Waals surface area contributed by atoms with Crippen LogP contribution in [-0.2, 0) is 4.79 Å². The molecule has 0 bridgehead atoms. The molecule has 0 aromatic heterocycles. The summed E-state index contributed by atoms with van der Waals surface area (Å²) in [5, 5.41) is 6.71. The Labute approximate surface area is 159 Å². The van der Waals surface area contributed by atoms with E-state index in [9.17, 15) is 4.79 Å². The number of carbonyl (C=O) groups is 1. The van der Waals surface area contributed by atoms with E-state index in [1.165, 1.54) is 32.1 Å². The van der Waals surface area contributed by atoms with Gasteiger partial charge in [-0.1, -0.05) is 26.7 Å². The standard InChI is InChI=1S/C17H34N4O.HI/c1-6-18-16(19-12-15(22)21(4)5)20-13-17(11-14(2)3)9-7-8-10-17;/h14H,6-13H2,1-5H3,(H2,18,19,20);1H. The molecule has 0 saturated heterocycles. The van der Waals surface area contributed by atoms with Crippen molar-refractivity contribution in [2.45, 2.75) is 52.9 Å². The lowest BCUT2D eigenvalue weighted by atomic mass is 9.78. The largest absolute Gasteiger partial charge is 0.357 e. The minimum Gasteiger partial charge on any atom is -0.357 e. The third-order valence-corrected chi connectivity index (χ3v) is 4.35. The molecule has 1 aliphatic carbocycles. The fraction of sp³-hybridized carbons (Fsp3) is 0.882. The lowest BCUT2D eigenvalue weighted by molar-refractivity contribution is -0.127. The topological polar surface area (TPSA) is 56.7 Å². The number of hydrogen-bond acceptors (Lipinski definition) is 2. The Morgan fingerprint density at radius 3 is 2.30 bits per heavy atom. The van der Waals surface area contributed by atoms with Crippen molar-refractivity contribution in [3.8, 4) is 0 Å². The molecule has 1 saturated carbocycles. The number of hydrogen-bond donors (Lipinski definition) is 2. The van der Waals surface area contributed by atoms with Gasteiger partial charge in [0.25, 0.3) is 0 Å². The molecular weight excluding hydrogens is 403 g/mol. The van der Waals surface area contributed by atoms with Crippen molar-refractivity contribution in [1.29, 1.82) is 0 Å². The third-order valence-electron chi connectivity index (χ3n) is 4.35. The minimum atomic E-state index is 0. The fourth-order valence-electron chi connectivity index (χ4n) is 3.35. The zero-order chi connectivity index (χ0) is 16.6. The molecule has 0 heterocycles. The van der Waals surface area contributed by atoms with Gasteiger partial charge in [0.15, 0.2) is 5.96 Å². The summed E-state index contributed by atoms with van der Waals surface area (Å²) in [5.74, 6) is 1.50. The Morgan fingerprint density at radius 2 is 1.83 bits per heavy atom. The van der Waals surface area contributed by atoms with E-state index in [1.54, 1.807) is 19.0 Å². The highest BCUT2D eigenvalue weighted by atomic mass is 127. The van der Waals surface area contributed by atoms with E-state index in [4.69, 9.17) is 0 Å². The van der Waals surface area contributed by atoms with Crippen LogP contribution in [0.3, 0.4) is 0 Å². The molecular formula is C17H35IN4O. The average Bonchev–Trinajstić information content (AvgIpc) is 2.89. The first kappa shape index (κ1) is 22.5. The van der Waals surface area contributed by atoms with E-state index in [-0.39, 0.29) is 36.4 Å². The Kier molecular flexibility index (Phi) is 10.8. The van der Waals surface area contributed by atoms with Crippen LogP contribution < -0.4 is 10.6 Å². The number of halogens is 1. The highest BCUT2D eigenvalue weighted by Crippen LogP contribution is 2.42. The second kappa shape index (κ2) is 11.1. The summed E-state index contributed by atoms with van der Waals surface area (Å²) in [6.07, 6.45) is 6.53. The summed E-state index contributed by atoms with van der Waals surface area (Å²) in [5.41, 5.74) is 0.399. The van der Waals surface area contributed by atoms with Gasteiger partial charge in [0, 0.05) is 27.2 Å². The first-order chi connectivity index (χ1) is 10.4. The van der Waals surface area contributed by atoms with Crippen LogP contribution in [0.2, 0.25) is 0 Å². The highest BCUT2D eigenvalue weighted by Gasteiger charge is 2.34. The van der Waals surface area contributed by atoms with E-state index >= 15 is 0 Å².